The van der Waals surface area contributed by atoms with Gasteiger partial charge in [-0.3, -0.25) is 9.59 Å². The van der Waals surface area contributed by atoms with Crippen LogP contribution in [0.5, 0.6) is 17.2 Å². The predicted molar refractivity (Wildman–Crippen MR) is 105 cm³/mol. The van der Waals surface area contributed by atoms with Crippen LogP contribution in [0.1, 0.15) is 12.0 Å². The third-order valence-corrected chi connectivity index (χ3v) is 4.77. The number of carbonyl (C=O) groups is 2. The highest BCUT2D eigenvalue weighted by Crippen LogP contribution is 2.40. The van der Waals surface area contributed by atoms with Crippen LogP contribution in [0.4, 0.5) is 5.69 Å². The van der Waals surface area contributed by atoms with Gasteiger partial charge in [0.1, 0.15) is 17.2 Å². The first-order valence-corrected chi connectivity index (χ1v) is 9.00. The number of para-hydroxylation sites is 1. The Labute approximate surface area is 164 Å². The Bertz CT molecular complexity index is 868. The van der Waals surface area contributed by atoms with Crippen LogP contribution in [-0.2, 0) is 16.1 Å². The van der Waals surface area contributed by atoms with Gasteiger partial charge < -0.3 is 24.8 Å². The summed E-state index contributed by atoms with van der Waals surface area (Å²) in [5.41, 5.74) is 1.41. The topological polar surface area (TPSA) is 85.9 Å². The second kappa shape index (κ2) is 8.65. The first-order chi connectivity index (χ1) is 13.6. The third-order valence-electron chi connectivity index (χ3n) is 4.77. The molecule has 7 nitrogen and oxygen atoms in total. The summed E-state index contributed by atoms with van der Waals surface area (Å²) < 4.78 is 15.7. The molecule has 0 radical (unpaired) electrons. The highest BCUT2D eigenvalue weighted by atomic mass is 16.5. The molecule has 148 valence electrons. The van der Waals surface area contributed by atoms with Gasteiger partial charge in [-0.15, -0.1) is 0 Å². The van der Waals surface area contributed by atoms with Gasteiger partial charge in [0.2, 0.25) is 11.8 Å². The fourth-order valence-electron chi connectivity index (χ4n) is 3.07. The van der Waals surface area contributed by atoms with Crippen molar-refractivity contribution in [1.82, 2.24) is 5.32 Å². The first kappa shape index (κ1) is 19.5. The smallest absolute Gasteiger partial charge is 0.228 e. The van der Waals surface area contributed by atoms with E-state index in [4.69, 9.17) is 14.2 Å². The summed E-state index contributed by atoms with van der Waals surface area (Å²) in [6.07, 6.45) is 0.524. The molecule has 1 aliphatic rings. The minimum absolute atomic E-state index is 0.135. The summed E-state index contributed by atoms with van der Waals surface area (Å²) in [6, 6.07) is 12.7. The predicted octanol–water partition coefficient (Wildman–Crippen LogP) is 2.60. The fraction of sp³-hybridized carbons (Fsp3) is 0.333. The normalized spacial score (nSPS) is 17.4. The van der Waals surface area contributed by atoms with Gasteiger partial charge in [-0.25, -0.2) is 0 Å². The van der Waals surface area contributed by atoms with Crippen molar-refractivity contribution in [3.8, 4) is 17.2 Å². The molecule has 28 heavy (non-hydrogen) atoms. The maximum absolute atomic E-state index is 12.5. The number of anilines is 1. The molecule has 0 aliphatic heterocycles. The quantitative estimate of drug-likeness (QED) is 0.731. The monoisotopic (exact) mass is 384 g/mol. The molecule has 0 aromatic heterocycles. The van der Waals surface area contributed by atoms with E-state index in [2.05, 4.69) is 10.6 Å². The van der Waals surface area contributed by atoms with Gasteiger partial charge in [0, 0.05) is 18.2 Å². The zero-order valence-electron chi connectivity index (χ0n) is 16.2. The Kier molecular flexibility index (Phi) is 6.03. The second-order valence-electron chi connectivity index (χ2n) is 6.53. The van der Waals surface area contributed by atoms with Gasteiger partial charge in [-0.1, -0.05) is 18.2 Å². The molecule has 2 amide bonds. The van der Waals surface area contributed by atoms with Crippen molar-refractivity contribution < 1.29 is 23.8 Å². The molecular weight excluding hydrogens is 360 g/mol. The first-order valence-electron chi connectivity index (χ1n) is 9.00. The molecule has 2 aromatic carbocycles. The molecule has 1 saturated carbocycles. The average molecular weight is 384 g/mol. The lowest BCUT2D eigenvalue weighted by molar-refractivity contribution is -0.125. The van der Waals surface area contributed by atoms with Gasteiger partial charge in [0.15, 0.2) is 0 Å². The Morgan fingerprint density at radius 3 is 2.36 bits per heavy atom. The number of nitrogens with one attached hydrogen (secondary N) is 2. The maximum Gasteiger partial charge on any atom is 0.228 e. The lowest BCUT2D eigenvalue weighted by atomic mass is 10.2. The van der Waals surface area contributed by atoms with Crippen LogP contribution in [0.15, 0.2) is 42.5 Å². The van der Waals surface area contributed by atoms with Crippen LogP contribution in [-0.4, -0.2) is 33.1 Å². The molecule has 1 aliphatic carbocycles. The van der Waals surface area contributed by atoms with Crippen LogP contribution < -0.4 is 24.8 Å². The van der Waals surface area contributed by atoms with E-state index in [9.17, 15) is 9.59 Å². The standard InChI is InChI=1S/C21H24N2O5/c1-26-14-8-9-19(28-3)17(10-14)23-21(25)16-11-15(16)20(24)22-12-13-6-4-5-7-18(13)27-2/h4-10,15-16H,11-12H2,1-3H3,(H,22,24)(H,23,25). The Morgan fingerprint density at radius 1 is 0.929 bits per heavy atom. The SMILES string of the molecule is COc1ccc(OC)c(NC(=O)C2CC2C(=O)NCc2ccccc2OC)c1. The van der Waals surface area contributed by atoms with Gasteiger partial charge in [-0.2, -0.15) is 0 Å². The van der Waals surface area contributed by atoms with Crippen LogP contribution in [0.3, 0.4) is 0 Å². The molecule has 0 saturated heterocycles. The molecule has 1 fully saturated rings. The van der Waals surface area contributed by atoms with Crippen molar-refractivity contribution in [2.24, 2.45) is 11.8 Å². The van der Waals surface area contributed by atoms with E-state index >= 15 is 0 Å². The van der Waals surface area contributed by atoms with E-state index in [1.165, 1.54) is 7.11 Å². The largest absolute Gasteiger partial charge is 0.497 e. The van der Waals surface area contributed by atoms with E-state index in [-0.39, 0.29) is 23.7 Å². The maximum atomic E-state index is 12.5. The van der Waals surface area contributed by atoms with Crippen molar-refractivity contribution in [3.63, 3.8) is 0 Å². The molecule has 2 N–H and O–H groups in total. The highest BCUT2D eigenvalue weighted by Gasteiger charge is 2.48. The van der Waals surface area contributed by atoms with E-state index in [1.807, 2.05) is 24.3 Å². The molecule has 2 unspecified atom stereocenters. The zero-order chi connectivity index (χ0) is 20.1. The lowest BCUT2D eigenvalue weighted by Gasteiger charge is -2.12. The summed E-state index contributed by atoms with van der Waals surface area (Å²) in [7, 11) is 4.67. The molecular formula is C21H24N2O5. The molecule has 0 spiro atoms. The number of rotatable bonds is 8. The summed E-state index contributed by atoms with van der Waals surface area (Å²) in [4.78, 5) is 24.9. The van der Waals surface area contributed by atoms with Gasteiger partial charge in [-0.05, 0) is 24.6 Å². The number of amides is 2. The molecule has 7 heteroatoms. The van der Waals surface area contributed by atoms with Crippen molar-refractivity contribution in [1.29, 1.82) is 0 Å². The second-order valence-corrected chi connectivity index (χ2v) is 6.53. The molecule has 2 atom stereocenters. The van der Waals surface area contributed by atoms with Crippen LogP contribution in [0.25, 0.3) is 0 Å². The Morgan fingerprint density at radius 2 is 1.64 bits per heavy atom. The molecule has 3 rings (SSSR count). The summed E-state index contributed by atoms with van der Waals surface area (Å²) in [5.74, 6) is 0.843. The van der Waals surface area contributed by atoms with Crippen molar-refractivity contribution >= 4 is 17.5 Å². The molecule has 2 aromatic rings. The van der Waals surface area contributed by atoms with Crippen molar-refractivity contribution in [3.05, 3.63) is 48.0 Å². The zero-order valence-corrected chi connectivity index (χ0v) is 16.2. The van der Waals surface area contributed by atoms with Gasteiger partial charge >= 0.3 is 0 Å². The number of hydrogen-bond donors (Lipinski definition) is 2. The lowest BCUT2D eigenvalue weighted by Crippen LogP contribution is -2.27. The van der Waals surface area contributed by atoms with E-state index in [0.29, 0.717) is 30.2 Å². The number of ether oxygens (including phenoxy) is 3. The van der Waals surface area contributed by atoms with E-state index in [0.717, 1.165) is 11.3 Å². The van der Waals surface area contributed by atoms with Crippen LogP contribution in [0.2, 0.25) is 0 Å². The van der Waals surface area contributed by atoms with E-state index < -0.39 is 0 Å². The Balaban J connectivity index is 1.56. The summed E-state index contributed by atoms with van der Waals surface area (Å²) in [5, 5.41) is 5.71. The number of carbonyl (C=O) groups excluding carboxylic acids is 2. The fourth-order valence-corrected chi connectivity index (χ4v) is 3.07. The van der Waals surface area contributed by atoms with Crippen molar-refractivity contribution in [2.75, 3.05) is 26.6 Å². The Hall–Kier alpha value is -3.22. The third kappa shape index (κ3) is 4.36. The number of methoxy groups -OCH3 is 3. The minimum atomic E-state index is -0.353. The highest BCUT2D eigenvalue weighted by molar-refractivity contribution is 6.00. The summed E-state index contributed by atoms with van der Waals surface area (Å²) in [6.45, 7) is 0.359. The molecule has 0 bridgehead atoms. The number of benzene rings is 2. The molecule has 0 heterocycles. The number of hydrogen-bond acceptors (Lipinski definition) is 5. The van der Waals surface area contributed by atoms with Gasteiger partial charge in [0.05, 0.1) is 38.9 Å². The van der Waals surface area contributed by atoms with Gasteiger partial charge in [0.25, 0.3) is 0 Å². The van der Waals surface area contributed by atoms with Crippen molar-refractivity contribution in [2.45, 2.75) is 13.0 Å². The average Bonchev–Trinajstić information content (AvgIpc) is 3.53. The summed E-state index contributed by atoms with van der Waals surface area (Å²) >= 11 is 0. The minimum Gasteiger partial charge on any atom is -0.497 e. The van der Waals surface area contributed by atoms with E-state index in [1.54, 1.807) is 32.4 Å². The van der Waals surface area contributed by atoms with Crippen LogP contribution >= 0.6 is 0 Å². The van der Waals surface area contributed by atoms with Crippen LogP contribution in [0, 0.1) is 11.8 Å².